The lowest BCUT2D eigenvalue weighted by atomic mass is 10.1. The molecule has 0 spiro atoms. The number of hydrogen-bond acceptors (Lipinski definition) is 9. The van der Waals surface area contributed by atoms with Crippen LogP contribution in [0.5, 0.6) is 11.5 Å². The van der Waals surface area contributed by atoms with E-state index < -0.39 is 11.2 Å². The second kappa shape index (κ2) is 11.6. The van der Waals surface area contributed by atoms with Crippen LogP contribution >= 0.6 is 11.8 Å². The molecule has 0 saturated heterocycles. The van der Waals surface area contributed by atoms with Crippen molar-refractivity contribution in [1.82, 2.24) is 19.9 Å². The Balaban J connectivity index is 1.50. The maximum Gasteiger partial charge on any atom is 0.337 e. The third-order valence-corrected chi connectivity index (χ3v) is 7.57. The zero-order valence-corrected chi connectivity index (χ0v) is 22.2. The summed E-state index contributed by atoms with van der Waals surface area (Å²) in [5.41, 5.74) is 2.02. The number of fused-ring (bicyclic) bond motifs is 2. The molecule has 4 aromatic rings. The van der Waals surface area contributed by atoms with Crippen molar-refractivity contribution in [2.45, 2.75) is 36.8 Å². The lowest BCUT2D eigenvalue weighted by Crippen LogP contribution is -2.33. The lowest BCUT2D eigenvalue weighted by molar-refractivity contribution is -0.120. The van der Waals surface area contributed by atoms with Gasteiger partial charge in [-0.15, -0.1) is 0 Å². The molecule has 2 aromatic carbocycles. The van der Waals surface area contributed by atoms with E-state index in [0.29, 0.717) is 40.5 Å². The first-order valence-corrected chi connectivity index (χ1v) is 13.2. The first-order valence-electron chi connectivity index (χ1n) is 12.3. The molecule has 11 heteroatoms. The van der Waals surface area contributed by atoms with Crippen LogP contribution in [-0.2, 0) is 22.6 Å². The summed E-state index contributed by atoms with van der Waals surface area (Å²) >= 11 is 1.20. The number of benzene rings is 2. The molecule has 1 atom stereocenters. The number of pyridine rings is 1. The molecule has 2 aromatic heterocycles. The third-order valence-electron chi connectivity index (χ3n) is 6.22. The Labute approximate surface area is 228 Å². The van der Waals surface area contributed by atoms with Gasteiger partial charge in [-0.2, -0.15) is 0 Å². The van der Waals surface area contributed by atoms with Gasteiger partial charge in [-0.1, -0.05) is 30.8 Å². The molecule has 39 heavy (non-hydrogen) atoms. The first-order chi connectivity index (χ1) is 19.0. The van der Waals surface area contributed by atoms with Crippen LogP contribution in [0.3, 0.4) is 0 Å². The minimum atomic E-state index is -0.529. The highest BCUT2D eigenvalue weighted by molar-refractivity contribution is 8.00. The van der Waals surface area contributed by atoms with Crippen LogP contribution in [0.2, 0.25) is 0 Å². The third kappa shape index (κ3) is 5.73. The first kappa shape index (κ1) is 26.2. The highest BCUT2D eigenvalue weighted by Gasteiger charge is 2.23. The van der Waals surface area contributed by atoms with Gasteiger partial charge in [0.1, 0.15) is 0 Å². The molecule has 1 aliphatic heterocycles. The number of nitrogens with zero attached hydrogens (tertiary/aromatic N) is 3. The maximum absolute atomic E-state index is 13.7. The lowest BCUT2D eigenvalue weighted by Gasteiger charge is -2.18. The van der Waals surface area contributed by atoms with Gasteiger partial charge in [0.05, 0.1) is 35.4 Å². The van der Waals surface area contributed by atoms with E-state index in [4.69, 9.17) is 19.2 Å². The SMILES string of the molecule is CC[C@@H](Sc1nc2cc(C(=O)OC)ccc2c(=O)n1Cc1ccc2c(c1)OCO2)C(=O)NCc1cccnc1. The molecule has 0 radical (unpaired) electrons. The standard InChI is InChI=1S/C28H26N4O6S/c1-3-24(25(33)30-14-18-5-4-10-29-13-18)39-28-31-21-12-19(27(35)36-2)7-8-20(21)26(34)32(28)15-17-6-9-22-23(11-17)38-16-37-22/h4-13,24H,3,14-16H2,1-2H3,(H,30,33)/t24-/m1/s1. The Morgan fingerprint density at radius 2 is 1.97 bits per heavy atom. The van der Waals surface area contributed by atoms with Crippen molar-refractivity contribution < 1.29 is 23.8 Å². The van der Waals surface area contributed by atoms with Crippen molar-refractivity contribution in [3.63, 3.8) is 0 Å². The molecule has 1 amide bonds. The van der Waals surface area contributed by atoms with Crippen LogP contribution in [0.1, 0.15) is 34.8 Å². The summed E-state index contributed by atoms with van der Waals surface area (Å²) in [5.74, 6) is 0.536. The minimum absolute atomic E-state index is 0.145. The summed E-state index contributed by atoms with van der Waals surface area (Å²) in [6.45, 7) is 2.58. The fourth-order valence-corrected chi connectivity index (χ4v) is 5.19. The minimum Gasteiger partial charge on any atom is -0.465 e. The molecular weight excluding hydrogens is 520 g/mol. The van der Waals surface area contributed by atoms with Crippen LogP contribution in [0.15, 0.2) is 70.9 Å². The summed E-state index contributed by atoms with van der Waals surface area (Å²) in [6, 6.07) is 13.8. The van der Waals surface area contributed by atoms with Gasteiger partial charge in [0.25, 0.3) is 5.56 Å². The van der Waals surface area contributed by atoms with Gasteiger partial charge in [-0.3, -0.25) is 19.1 Å². The molecule has 5 rings (SSSR count). The van der Waals surface area contributed by atoms with Crippen LogP contribution in [0, 0.1) is 0 Å². The quantitative estimate of drug-likeness (QED) is 0.191. The second-order valence-corrected chi connectivity index (χ2v) is 9.96. The number of esters is 1. The number of carbonyl (C=O) groups is 2. The number of ether oxygens (including phenoxy) is 3. The molecule has 10 nitrogen and oxygen atoms in total. The molecule has 0 saturated carbocycles. The van der Waals surface area contributed by atoms with E-state index in [0.717, 1.165) is 11.1 Å². The normalized spacial score (nSPS) is 12.8. The smallest absolute Gasteiger partial charge is 0.337 e. The molecule has 3 heterocycles. The maximum atomic E-state index is 13.7. The zero-order chi connectivity index (χ0) is 27.4. The Morgan fingerprint density at radius 3 is 2.74 bits per heavy atom. The van der Waals surface area contributed by atoms with Gasteiger partial charge in [-0.05, 0) is 53.9 Å². The molecule has 1 aliphatic rings. The molecule has 0 fully saturated rings. The zero-order valence-electron chi connectivity index (χ0n) is 21.4. The summed E-state index contributed by atoms with van der Waals surface area (Å²) in [4.78, 5) is 47.8. The van der Waals surface area contributed by atoms with Gasteiger partial charge >= 0.3 is 5.97 Å². The van der Waals surface area contributed by atoms with Crippen LogP contribution < -0.4 is 20.3 Å². The Morgan fingerprint density at radius 1 is 1.13 bits per heavy atom. The number of thioether (sulfide) groups is 1. The number of nitrogens with one attached hydrogen (secondary N) is 1. The van der Waals surface area contributed by atoms with Crippen molar-refractivity contribution in [2.24, 2.45) is 0 Å². The number of methoxy groups -OCH3 is 1. The predicted molar refractivity (Wildman–Crippen MR) is 145 cm³/mol. The monoisotopic (exact) mass is 546 g/mol. The second-order valence-electron chi connectivity index (χ2n) is 8.79. The summed E-state index contributed by atoms with van der Waals surface area (Å²) in [7, 11) is 1.29. The van der Waals surface area contributed by atoms with E-state index in [1.165, 1.54) is 31.0 Å². The average Bonchev–Trinajstić information content (AvgIpc) is 3.44. The van der Waals surface area contributed by atoms with Gasteiger partial charge in [0.2, 0.25) is 12.7 Å². The summed E-state index contributed by atoms with van der Waals surface area (Å²) in [5, 5.41) is 3.13. The van der Waals surface area contributed by atoms with Crippen molar-refractivity contribution >= 4 is 34.5 Å². The molecular formula is C28H26N4O6S. The van der Waals surface area contributed by atoms with Crippen LogP contribution in [-0.4, -0.2) is 45.6 Å². The Bertz CT molecular complexity index is 1590. The van der Waals surface area contributed by atoms with Gasteiger partial charge in [-0.25, -0.2) is 9.78 Å². The number of carbonyl (C=O) groups excluding carboxylic acids is 2. The average molecular weight is 547 g/mol. The van der Waals surface area contributed by atoms with Crippen LogP contribution in [0.4, 0.5) is 0 Å². The van der Waals surface area contributed by atoms with E-state index in [-0.39, 0.29) is 30.4 Å². The molecule has 0 aliphatic carbocycles. The van der Waals surface area contributed by atoms with Gasteiger partial charge in [0.15, 0.2) is 16.7 Å². The van der Waals surface area contributed by atoms with E-state index >= 15 is 0 Å². The fraction of sp³-hybridized carbons (Fsp3) is 0.250. The van der Waals surface area contributed by atoms with Crippen molar-refractivity contribution in [3.8, 4) is 11.5 Å². The highest BCUT2D eigenvalue weighted by Crippen LogP contribution is 2.33. The van der Waals surface area contributed by atoms with Crippen molar-refractivity contribution in [3.05, 3.63) is 88.0 Å². The molecule has 200 valence electrons. The summed E-state index contributed by atoms with van der Waals surface area (Å²) in [6.07, 6.45) is 3.87. The number of aromatic nitrogens is 3. The number of hydrogen-bond donors (Lipinski definition) is 1. The molecule has 1 N–H and O–H groups in total. The Hall–Kier alpha value is -4.38. The Kier molecular flexibility index (Phi) is 7.78. The van der Waals surface area contributed by atoms with Crippen molar-refractivity contribution in [2.75, 3.05) is 13.9 Å². The van der Waals surface area contributed by atoms with Gasteiger partial charge < -0.3 is 19.5 Å². The number of rotatable bonds is 9. The van der Waals surface area contributed by atoms with E-state index in [9.17, 15) is 14.4 Å². The van der Waals surface area contributed by atoms with E-state index in [1.807, 2.05) is 31.2 Å². The highest BCUT2D eigenvalue weighted by atomic mass is 32.2. The van der Waals surface area contributed by atoms with E-state index in [1.54, 1.807) is 29.1 Å². The summed E-state index contributed by atoms with van der Waals surface area (Å²) < 4.78 is 17.3. The van der Waals surface area contributed by atoms with E-state index in [2.05, 4.69) is 10.3 Å². The largest absolute Gasteiger partial charge is 0.465 e. The van der Waals surface area contributed by atoms with Crippen LogP contribution in [0.25, 0.3) is 10.9 Å². The fourth-order valence-electron chi connectivity index (χ4n) is 4.15. The molecule has 0 bridgehead atoms. The topological polar surface area (TPSA) is 122 Å². The number of amides is 1. The molecule has 0 unspecified atom stereocenters. The van der Waals surface area contributed by atoms with Crippen molar-refractivity contribution in [1.29, 1.82) is 0 Å². The van der Waals surface area contributed by atoms with Gasteiger partial charge in [0, 0.05) is 18.9 Å². The predicted octanol–water partition coefficient (Wildman–Crippen LogP) is 3.54.